The van der Waals surface area contributed by atoms with E-state index in [1.807, 2.05) is 24.4 Å². The van der Waals surface area contributed by atoms with Crippen LogP contribution in [0, 0.1) is 0 Å². The van der Waals surface area contributed by atoms with Crippen LogP contribution in [0.5, 0.6) is 0 Å². The van der Waals surface area contributed by atoms with Crippen molar-refractivity contribution < 1.29 is 0 Å². The Morgan fingerprint density at radius 3 is 2.47 bits per heavy atom. The van der Waals surface area contributed by atoms with E-state index < -0.39 is 0 Å². The van der Waals surface area contributed by atoms with Crippen molar-refractivity contribution in [2.75, 3.05) is 0 Å². The summed E-state index contributed by atoms with van der Waals surface area (Å²) in [5.74, 6) is 0. The summed E-state index contributed by atoms with van der Waals surface area (Å²) in [5, 5.41) is 1.17. The second-order valence-electron chi connectivity index (χ2n) is 3.86. The molecule has 1 nitrogen and oxygen atoms in total. The summed E-state index contributed by atoms with van der Waals surface area (Å²) >= 11 is 3.60. The van der Waals surface area contributed by atoms with E-state index >= 15 is 0 Å². The van der Waals surface area contributed by atoms with Gasteiger partial charge in [0.2, 0.25) is 0 Å². The third kappa shape index (κ3) is 1.85. The van der Waals surface area contributed by atoms with E-state index in [0.29, 0.717) is 0 Å². The number of pyridine rings is 1. The van der Waals surface area contributed by atoms with E-state index in [9.17, 15) is 0 Å². The van der Waals surface area contributed by atoms with Crippen molar-refractivity contribution in [1.29, 1.82) is 0 Å². The van der Waals surface area contributed by atoms with Crippen LogP contribution in [0.15, 0.2) is 65.3 Å². The summed E-state index contributed by atoms with van der Waals surface area (Å²) in [6.07, 6.45) is 1.86. The Labute approximate surface area is 108 Å². The van der Waals surface area contributed by atoms with Gasteiger partial charge in [0.05, 0.1) is 5.52 Å². The largest absolute Gasteiger partial charge is 0.256 e. The van der Waals surface area contributed by atoms with Crippen LogP contribution in [0.2, 0.25) is 0 Å². The fraction of sp³-hybridized carbons (Fsp3) is 0. The Balaban J connectivity index is 2.38. The fourth-order valence-electron chi connectivity index (χ4n) is 2.02. The molecule has 0 saturated carbocycles. The Hall–Kier alpha value is -1.67. The molecular weight excluding hydrogens is 274 g/mol. The number of nitrogens with zero attached hydrogens (tertiary/aromatic N) is 1. The molecule has 0 aliphatic carbocycles. The van der Waals surface area contributed by atoms with E-state index in [0.717, 1.165) is 9.99 Å². The smallest absolute Gasteiger partial charge is 0.0719 e. The van der Waals surface area contributed by atoms with Gasteiger partial charge in [-0.15, -0.1) is 0 Å². The Bertz CT molecular complexity index is 657. The molecule has 0 bridgehead atoms. The van der Waals surface area contributed by atoms with Crippen molar-refractivity contribution in [3.63, 3.8) is 0 Å². The lowest BCUT2D eigenvalue weighted by molar-refractivity contribution is 1.41. The molecule has 0 fully saturated rings. The van der Waals surface area contributed by atoms with Crippen LogP contribution in [0.3, 0.4) is 0 Å². The first-order valence-electron chi connectivity index (χ1n) is 5.45. The first kappa shape index (κ1) is 10.5. The van der Waals surface area contributed by atoms with E-state index in [2.05, 4.69) is 57.3 Å². The summed E-state index contributed by atoms with van der Waals surface area (Å²) in [6.45, 7) is 0. The van der Waals surface area contributed by atoms with Crippen molar-refractivity contribution in [1.82, 2.24) is 4.98 Å². The standard InChI is InChI=1S/C15H10BrN/c16-13-7-4-8-14-15(13)12(9-10-17-14)11-5-2-1-3-6-11/h1-10H. The minimum atomic E-state index is 1.01. The topological polar surface area (TPSA) is 12.9 Å². The quantitative estimate of drug-likeness (QED) is 0.633. The highest BCUT2D eigenvalue weighted by Gasteiger charge is 2.06. The van der Waals surface area contributed by atoms with Crippen LogP contribution >= 0.6 is 15.9 Å². The number of benzene rings is 2. The van der Waals surface area contributed by atoms with Gasteiger partial charge in [-0.1, -0.05) is 52.3 Å². The van der Waals surface area contributed by atoms with Crippen LogP contribution < -0.4 is 0 Å². The zero-order valence-corrected chi connectivity index (χ0v) is 10.7. The van der Waals surface area contributed by atoms with Gasteiger partial charge in [0.25, 0.3) is 0 Å². The molecule has 0 saturated heterocycles. The molecule has 0 unspecified atom stereocenters. The summed E-state index contributed by atoms with van der Waals surface area (Å²) in [6, 6.07) is 18.5. The van der Waals surface area contributed by atoms with E-state index in [1.54, 1.807) is 0 Å². The monoisotopic (exact) mass is 283 g/mol. The molecule has 0 aliphatic heterocycles. The summed E-state index contributed by atoms with van der Waals surface area (Å²) < 4.78 is 1.09. The third-order valence-electron chi connectivity index (χ3n) is 2.80. The minimum Gasteiger partial charge on any atom is -0.256 e. The molecule has 0 amide bonds. The second-order valence-corrected chi connectivity index (χ2v) is 4.71. The van der Waals surface area contributed by atoms with Crippen molar-refractivity contribution >= 4 is 26.8 Å². The predicted octanol–water partition coefficient (Wildman–Crippen LogP) is 4.66. The maximum absolute atomic E-state index is 4.40. The van der Waals surface area contributed by atoms with Crippen LogP contribution in [0.4, 0.5) is 0 Å². The predicted molar refractivity (Wildman–Crippen MR) is 74.9 cm³/mol. The maximum Gasteiger partial charge on any atom is 0.0719 e. The average Bonchev–Trinajstić information content (AvgIpc) is 2.39. The molecule has 0 aliphatic rings. The Morgan fingerprint density at radius 2 is 1.65 bits per heavy atom. The van der Waals surface area contributed by atoms with E-state index in [1.165, 1.54) is 16.5 Å². The zero-order chi connectivity index (χ0) is 11.7. The fourth-order valence-corrected chi connectivity index (χ4v) is 2.59. The van der Waals surface area contributed by atoms with E-state index in [-0.39, 0.29) is 0 Å². The number of fused-ring (bicyclic) bond motifs is 1. The average molecular weight is 284 g/mol. The first-order valence-corrected chi connectivity index (χ1v) is 6.24. The van der Waals surface area contributed by atoms with Gasteiger partial charge in [0.1, 0.15) is 0 Å². The van der Waals surface area contributed by atoms with Crippen molar-refractivity contribution in [3.8, 4) is 11.1 Å². The zero-order valence-electron chi connectivity index (χ0n) is 9.10. The molecule has 82 valence electrons. The maximum atomic E-state index is 4.40. The van der Waals surface area contributed by atoms with Gasteiger partial charge < -0.3 is 0 Å². The van der Waals surface area contributed by atoms with Gasteiger partial charge in [0, 0.05) is 16.1 Å². The van der Waals surface area contributed by atoms with Crippen LogP contribution in [-0.4, -0.2) is 4.98 Å². The molecule has 3 rings (SSSR count). The van der Waals surface area contributed by atoms with Crippen molar-refractivity contribution in [3.05, 3.63) is 65.3 Å². The summed E-state index contributed by atoms with van der Waals surface area (Å²) in [4.78, 5) is 4.40. The molecule has 2 heteroatoms. The van der Waals surface area contributed by atoms with Gasteiger partial charge in [-0.25, -0.2) is 0 Å². The first-order chi connectivity index (χ1) is 8.36. The molecule has 2 aromatic carbocycles. The Morgan fingerprint density at radius 1 is 0.824 bits per heavy atom. The Kier molecular flexibility index (Phi) is 2.65. The highest BCUT2D eigenvalue weighted by molar-refractivity contribution is 9.10. The van der Waals surface area contributed by atoms with Gasteiger partial charge >= 0.3 is 0 Å². The summed E-state index contributed by atoms with van der Waals surface area (Å²) in [7, 11) is 0. The lowest BCUT2D eigenvalue weighted by Gasteiger charge is -2.07. The highest BCUT2D eigenvalue weighted by atomic mass is 79.9. The lowest BCUT2D eigenvalue weighted by Crippen LogP contribution is -1.85. The van der Waals surface area contributed by atoms with Gasteiger partial charge in [0.15, 0.2) is 0 Å². The van der Waals surface area contributed by atoms with Gasteiger partial charge in [-0.3, -0.25) is 4.98 Å². The number of halogens is 1. The van der Waals surface area contributed by atoms with Crippen LogP contribution in [0.1, 0.15) is 0 Å². The third-order valence-corrected chi connectivity index (χ3v) is 3.46. The van der Waals surface area contributed by atoms with Crippen LogP contribution in [0.25, 0.3) is 22.0 Å². The second kappa shape index (κ2) is 4.30. The SMILES string of the molecule is Brc1cccc2nccc(-c3ccccc3)c12. The number of aromatic nitrogens is 1. The normalized spacial score (nSPS) is 10.6. The van der Waals surface area contributed by atoms with Crippen LogP contribution in [-0.2, 0) is 0 Å². The lowest BCUT2D eigenvalue weighted by atomic mass is 10.0. The molecule has 0 N–H and O–H groups in total. The number of rotatable bonds is 1. The molecular formula is C15H10BrN. The number of hydrogen-bond donors (Lipinski definition) is 0. The molecule has 0 radical (unpaired) electrons. The van der Waals surface area contributed by atoms with Crippen molar-refractivity contribution in [2.45, 2.75) is 0 Å². The minimum absolute atomic E-state index is 1.01. The molecule has 1 aromatic heterocycles. The van der Waals surface area contributed by atoms with E-state index in [4.69, 9.17) is 0 Å². The van der Waals surface area contributed by atoms with Crippen molar-refractivity contribution in [2.24, 2.45) is 0 Å². The molecule has 17 heavy (non-hydrogen) atoms. The van der Waals surface area contributed by atoms with Gasteiger partial charge in [-0.05, 0) is 29.3 Å². The summed E-state index contributed by atoms with van der Waals surface area (Å²) in [5.41, 5.74) is 3.44. The molecule has 0 atom stereocenters. The highest BCUT2D eigenvalue weighted by Crippen LogP contribution is 2.32. The van der Waals surface area contributed by atoms with Gasteiger partial charge in [-0.2, -0.15) is 0 Å². The molecule has 1 heterocycles. The molecule has 0 spiro atoms. The number of hydrogen-bond acceptors (Lipinski definition) is 1. The molecule has 3 aromatic rings.